The van der Waals surface area contributed by atoms with Crippen molar-refractivity contribution in [3.8, 4) is 0 Å². The lowest BCUT2D eigenvalue weighted by molar-refractivity contribution is 0.0624. The molecule has 2 aromatic rings. The lowest BCUT2D eigenvalue weighted by atomic mass is 10.0. The van der Waals surface area contributed by atoms with Crippen molar-refractivity contribution < 1.29 is 9.59 Å². The lowest BCUT2D eigenvalue weighted by Gasteiger charge is -2.34. The maximum atomic E-state index is 13.1. The van der Waals surface area contributed by atoms with Crippen LogP contribution in [0, 0.1) is 13.8 Å². The second kappa shape index (κ2) is 9.62. The number of aromatic nitrogens is 1. The first-order valence-corrected chi connectivity index (χ1v) is 12.2. The Morgan fingerprint density at radius 2 is 1.59 bits per heavy atom. The Kier molecular flexibility index (Phi) is 6.85. The summed E-state index contributed by atoms with van der Waals surface area (Å²) in [6.07, 6.45) is 5.02. The van der Waals surface area contributed by atoms with Crippen LogP contribution in [0.15, 0.2) is 30.3 Å². The summed E-state index contributed by atoms with van der Waals surface area (Å²) in [6, 6.07) is 10.6. The van der Waals surface area contributed by atoms with E-state index in [-0.39, 0.29) is 11.7 Å². The van der Waals surface area contributed by atoms with Gasteiger partial charge in [0.1, 0.15) is 0 Å². The van der Waals surface area contributed by atoms with E-state index in [4.69, 9.17) is 0 Å². The van der Waals surface area contributed by atoms with Crippen LogP contribution in [-0.4, -0.2) is 58.8 Å². The monoisotopic (exact) mass is 435 g/mol. The molecule has 1 aliphatic carbocycles. The summed E-state index contributed by atoms with van der Waals surface area (Å²) >= 11 is 0. The van der Waals surface area contributed by atoms with Gasteiger partial charge in [-0.15, -0.1) is 0 Å². The number of piperazine rings is 1. The third-order valence-corrected chi connectivity index (χ3v) is 7.33. The van der Waals surface area contributed by atoms with Crippen LogP contribution in [0.25, 0.3) is 0 Å². The van der Waals surface area contributed by atoms with E-state index < -0.39 is 0 Å². The summed E-state index contributed by atoms with van der Waals surface area (Å²) in [4.78, 5) is 30.1. The number of Topliss-reactive ketones (excluding diaryl/α,β-unsaturated/α-hetero) is 1. The maximum Gasteiger partial charge on any atom is 0.253 e. The highest BCUT2D eigenvalue weighted by molar-refractivity contribution is 5.99. The van der Waals surface area contributed by atoms with Gasteiger partial charge in [-0.2, -0.15) is 0 Å². The molecule has 1 aliphatic heterocycles. The van der Waals surface area contributed by atoms with E-state index in [9.17, 15) is 9.59 Å². The van der Waals surface area contributed by atoms with Crippen LogP contribution in [0.2, 0.25) is 0 Å². The molecule has 172 valence electrons. The van der Waals surface area contributed by atoms with Gasteiger partial charge < -0.3 is 9.47 Å². The normalized spacial score (nSPS) is 18.0. The van der Waals surface area contributed by atoms with Crippen molar-refractivity contribution in [3.63, 3.8) is 0 Å². The third-order valence-electron chi connectivity index (χ3n) is 7.33. The van der Waals surface area contributed by atoms with Crippen molar-refractivity contribution in [2.24, 2.45) is 0 Å². The molecular weight excluding hydrogens is 398 g/mol. The Hall–Kier alpha value is -2.40. The fraction of sp³-hybridized carbons (Fsp3) is 0.556. The lowest BCUT2D eigenvalue weighted by Crippen LogP contribution is -2.49. The molecule has 1 saturated heterocycles. The second-order valence-electron chi connectivity index (χ2n) is 9.86. The molecule has 1 aromatic carbocycles. The fourth-order valence-electron chi connectivity index (χ4n) is 5.37. The minimum absolute atomic E-state index is 0.0893. The third kappa shape index (κ3) is 4.68. The number of amides is 1. The predicted octanol–water partition coefficient (Wildman–Crippen LogP) is 4.98. The number of benzene rings is 1. The molecule has 2 heterocycles. The molecule has 0 atom stereocenters. The Bertz CT molecular complexity index is 960. The van der Waals surface area contributed by atoms with Crippen molar-refractivity contribution in [1.29, 1.82) is 0 Å². The summed E-state index contributed by atoms with van der Waals surface area (Å²) in [6.45, 7) is 11.8. The predicted molar refractivity (Wildman–Crippen MR) is 129 cm³/mol. The minimum atomic E-state index is 0.0893. The fourth-order valence-corrected chi connectivity index (χ4v) is 5.37. The van der Waals surface area contributed by atoms with Gasteiger partial charge in [0, 0.05) is 54.7 Å². The summed E-state index contributed by atoms with van der Waals surface area (Å²) in [5.74, 6) is 0.750. The number of carbonyl (C=O) groups is 2. The summed E-state index contributed by atoms with van der Waals surface area (Å²) in [5, 5.41) is 0. The van der Waals surface area contributed by atoms with Crippen LogP contribution >= 0.6 is 0 Å². The van der Waals surface area contributed by atoms with E-state index in [1.165, 1.54) is 36.9 Å². The van der Waals surface area contributed by atoms with Gasteiger partial charge in [0.05, 0.1) is 6.54 Å². The summed E-state index contributed by atoms with van der Waals surface area (Å²) in [5.41, 5.74) is 5.20. The molecule has 0 bridgehead atoms. The molecule has 1 aromatic heterocycles. The van der Waals surface area contributed by atoms with Gasteiger partial charge in [-0.25, -0.2) is 0 Å². The molecule has 1 amide bonds. The zero-order valence-electron chi connectivity index (χ0n) is 20.1. The van der Waals surface area contributed by atoms with Crippen molar-refractivity contribution in [1.82, 2.24) is 14.4 Å². The number of ketones is 1. The van der Waals surface area contributed by atoms with Crippen LogP contribution in [0.3, 0.4) is 0 Å². The largest absolute Gasteiger partial charge is 0.345 e. The first kappa shape index (κ1) is 22.8. The van der Waals surface area contributed by atoms with Crippen LogP contribution in [0.1, 0.15) is 89.2 Å². The van der Waals surface area contributed by atoms with Gasteiger partial charge in [0.2, 0.25) is 0 Å². The van der Waals surface area contributed by atoms with Crippen molar-refractivity contribution in [2.45, 2.75) is 65.3 Å². The van der Waals surface area contributed by atoms with E-state index >= 15 is 0 Å². The molecule has 5 heteroatoms. The van der Waals surface area contributed by atoms with Gasteiger partial charge in [-0.1, -0.05) is 38.8 Å². The van der Waals surface area contributed by atoms with Gasteiger partial charge in [0.15, 0.2) is 5.78 Å². The van der Waals surface area contributed by atoms with E-state index in [0.717, 1.165) is 29.9 Å². The number of aryl methyl sites for hydroxylation is 1. The first-order chi connectivity index (χ1) is 15.3. The quantitative estimate of drug-likeness (QED) is 0.601. The Morgan fingerprint density at radius 3 is 2.19 bits per heavy atom. The van der Waals surface area contributed by atoms with Gasteiger partial charge >= 0.3 is 0 Å². The topological polar surface area (TPSA) is 45.6 Å². The summed E-state index contributed by atoms with van der Waals surface area (Å²) < 4.78 is 2.39. The number of hydrogen-bond acceptors (Lipinski definition) is 3. The van der Waals surface area contributed by atoms with E-state index in [1.807, 2.05) is 17.0 Å². The molecule has 0 spiro atoms. The van der Waals surface area contributed by atoms with Crippen molar-refractivity contribution in [2.75, 3.05) is 32.7 Å². The van der Waals surface area contributed by atoms with E-state index in [2.05, 4.69) is 55.4 Å². The van der Waals surface area contributed by atoms with Crippen LogP contribution in [-0.2, 0) is 0 Å². The maximum absolute atomic E-state index is 13.1. The van der Waals surface area contributed by atoms with Crippen LogP contribution < -0.4 is 0 Å². The zero-order chi connectivity index (χ0) is 22.8. The first-order valence-electron chi connectivity index (χ1n) is 12.2. The molecule has 0 unspecified atom stereocenters. The van der Waals surface area contributed by atoms with Gasteiger partial charge in [-0.05, 0) is 56.4 Å². The molecule has 2 fully saturated rings. The standard InChI is InChI=1S/C27H37N3O2/c1-19(2)22-9-11-23(12-10-22)27(32)29-15-13-28(14-16-29)18-26(31)25-17-20(3)30(21(25)4)24-7-5-6-8-24/h9-12,17,19,24H,5-8,13-16,18H2,1-4H3. The molecule has 0 N–H and O–H groups in total. The number of hydrogen-bond donors (Lipinski definition) is 0. The molecule has 32 heavy (non-hydrogen) atoms. The second-order valence-corrected chi connectivity index (χ2v) is 9.86. The van der Waals surface area contributed by atoms with Gasteiger partial charge in [-0.3, -0.25) is 14.5 Å². The molecule has 2 aliphatic rings. The zero-order valence-corrected chi connectivity index (χ0v) is 20.1. The molecule has 4 rings (SSSR count). The van der Waals surface area contributed by atoms with Crippen LogP contribution in [0.4, 0.5) is 0 Å². The van der Waals surface area contributed by atoms with E-state index in [1.54, 1.807) is 0 Å². The average molecular weight is 436 g/mol. The minimum Gasteiger partial charge on any atom is -0.345 e. The van der Waals surface area contributed by atoms with Crippen molar-refractivity contribution in [3.05, 3.63) is 58.4 Å². The number of carbonyl (C=O) groups excluding carboxylic acids is 2. The Morgan fingerprint density at radius 1 is 0.969 bits per heavy atom. The molecule has 0 radical (unpaired) electrons. The molecule has 5 nitrogen and oxygen atoms in total. The Balaban J connectivity index is 1.33. The van der Waals surface area contributed by atoms with Crippen molar-refractivity contribution >= 4 is 11.7 Å². The molecular formula is C27H37N3O2. The highest BCUT2D eigenvalue weighted by Gasteiger charge is 2.27. The number of rotatable bonds is 6. The Labute approximate surface area is 192 Å². The van der Waals surface area contributed by atoms with E-state index in [0.29, 0.717) is 31.6 Å². The smallest absolute Gasteiger partial charge is 0.253 e. The SMILES string of the molecule is Cc1cc(C(=O)CN2CCN(C(=O)c3ccc(C(C)C)cc3)CC2)c(C)n1C1CCCC1. The number of nitrogens with zero attached hydrogens (tertiary/aromatic N) is 3. The van der Waals surface area contributed by atoms with Crippen LogP contribution in [0.5, 0.6) is 0 Å². The molecule has 1 saturated carbocycles. The highest BCUT2D eigenvalue weighted by atomic mass is 16.2. The highest BCUT2D eigenvalue weighted by Crippen LogP contribution is 2.33. The summed E-state index contributed by atoms with van der Waals surface area (Å²) in [7, 11) is 0. The average Bonchev–Trinajstić information content (AvgIpc) is 3.41. The van der Waals surface area contributed by atoms with Gasteiger partial charge in [0.25, 0.3) is 5.91 Å².